The topological polar surface area (TPSA) is 32.6 Å². The first-order valence-corrected chi connectivity index (χ1v) is 7.95. The molecule has 0 aliphatic rings. The zero-order valence-electron chi connectivity index (χ0n) is 14.0. The van der Waals surface area contributed by atoms with Crippen LogP contribution in [-0.4, -0.2) is 17.4 Å². The highest BCUT2D eigenvalue weighted by molar-refractivity contribution is 6.15. The van der Waals surface area contributed by atoms with Crippen molar-refractivity contribution in [3.8, 4) is 5.75 Å². The van der Waals surface area contributed by atoms with Crippen LogP contribution < -0.4 is 0 Å². The van der Waals surface area contributed by atoms with E-state index in [1.165, 1.54) is 11.1 Å². The lowest BCUT2D eigenvalue weighted by Crippen LogP contribution is -2.08. The summed E-state index contributed by atoms with van der Waals surface area (Å²) in [6.45, 7) is 9.17. The molecule has 0 radical (unpaired) electrons. The van der Waals surface area contributed by atoms with Crippen LogP contribution in [0, 0.1) is 20.8 Å². The van der Waals surface area contributed by atoms with Crippen LogP contribution in [0.5, 0.6) is 5.75 Å². The third-order valence-corrected chi connectivity index (χ3v) is 3.84. The predicted octanol–water partition coefficient (Wildman–Crippen LogP) is 4.95. The molecule has 0 aliphatic heterocycles. The molecular weight excluding hydrogens is 270 g/mol. The maximum Gasteiger partial charge on any atom is 0.124 e. The Hall–Kier alpha value is -2.09. The van der Waals surface area contributed by atoms with Gasteiger partial charge < -0.3 is 5.11 Å². The Morgan fingerprint density at radius 1 is 0.955 bits per heavy atom. The lowest BCUT2D eigenvalue weighted by Gasteiger charge is -2.14. The van der Waals surface area contributed by atoms with Gasteiger partial charge >= 0.3 is 0 Å². The van der Waals surface area contributed by atoms with Gasteiger partial charge in [0, 0.05) is 17.7 Å². The summed E-state index contributed by atoms with van der Waals surface area (Å²) >= 11 is 0. The molecule has 2 rings (SSSR count). The zero-order valence-corrected chi connectivity index (χ0v) is 14.0. The van der Waals surface area contributed by atoms with Crippen LogP contribution in [0.4, 0.5) is 0 Å². The summed E-state index contributed by atoms with van der Waals surface area (Å²) in [6, 6.07) is 12.1. The summed E-state index contributed by atoms with van der Waals surface area (Å²) in [5.74, 6) is 0.293. The monoisotopic (exact) mass is 295 g/mol. The summed E-state index contributed by atoms with van der Waals surface area (Å²) in [4.78, 5) is 4.81. The zero-order chi connectivity index (χ0) is 16.1. The number of aromatic hydroxyl groups is 1. The molecule has 2 aromatic rings. The first kappa shape index (κ1) is 16.3. The van der Waals surface area contributed by atoms with Crippen molar-refractivity contribution in [3.05, 3.63) is 64.2 Å². The van der Waals surface area contributed by atoms with Crippen molar-refractivity contribution in [2.24, 2.45) is 4.99 Å². The number of aryl methyl sites for hydroxylation is 3. The Balaban J connectivity index is 2.58. The van der Waals surface area contributed by atoms with Crippen LogP contribution in [0.15, 0.2) is 41.4 Å². The maximum absolute atomic E-state index is 10.3. The van der Waals surface area contributed by atoms with E-state index < -0.39 is 0 Å². The standard InChI is InChI=1S/C20H25NO/c1-5-6-11-21-20(17-12-14(2)7-9-16(17)4)18-13-15(3)8-10-19(18)22/h7-10,12-13,22H,5-6,11H2,1-4H3. The van der Waals surface area contributed by atoms with Gasteiger partial charge in [-0.2, -0.15) is 0 Å². The van der Waals surface area contributed by atoms with Crippen molar-refractivity contribution in [2.75, 3.05) is 6.54 Å². The lowest BCUT2D eigenvalue weighted by molar-refractivity contribution is 0.474. The van der Waals surface area contributed by atoms with Crippen molar-refractivity contribution >= 4 is 5.71 Å². The number of benzene rings is 2. The molecule has 2 heteroatoms. The second-order valence-electron chi connectivity index (χ2n) is 5.92. The summed E-state index contributed by atoms with van der Waals surface area (Å²) in [5, 5.41) is 10.3. The minimum Gasteiger partial charge on any atom is -0.507 e. The molecule has 1 N–H and O–H groups in total. The van der Waals surface area contributed by atoms with Gasteiger partial charge in [0.2, 0.25) is 0 Å². The average molecular weight is 295 g/mol. The van der Waals surface area contributed by atoms with Crippen LogP contribution >= 0.6 is 0 Å². The largest absolute Gasteiger partial charge is 0.507 e. The number of hydrogen-bond acceptors (Lipinski definition) is 2. The average Bonchev–Trinajstić information content (AvgIpc) is 2.49. The first-order chi connectivity index (χ1) is 10.5. The van der Waals surface area contributed by atoms with E-state index in [2.05, 4.69) is 39.0 Å². The quantitative estimate of drug-likeness (QED) is 0.614. The highest BCUT2D eigenvalue weighted by Crippen LogP contribution is 2.25. The van der Waals surface area contributed by atoms with Crippen LogP contribution in [0.25, 0.3) is 0 Å². The highest BCUT2D eigenvalue weighted by Gasteiger charge is 2.14. The summed E-state index contributed by atoms with van der Waals surface area (Å²) in [7, 11) is 0. The van der Waals surface area contributed by atoms with E-state index in [0.29, 0.717) is 5.75 Å². The van der Waals surface area contributed by atoms with Crippen molar-refractivity contribution in [3.63, 3.8) is 0 Å². The molecule has 0 fully saturated rings. The highest BCUT2D eigenvalue weighted by atomic mass is 16.3. The first-order valence-electron chi connectivity index (χ1n) is 7.95. The molecule has 0 bridgehead atoms. The van der Waals surface area contributed by atoms with E-state index in [-0.39, 0.29) is 0 Å². The molecule has 0 spiro atoms. The van der Waals surface area contributed by atoms with Crippen LogP contribution in [0.3, 0.4) is 0 Å². The number of nitrogens with zero attached hydrogens (tertiary/aromatic N) is 1. The second-order valence-corrected chi connectivity index (χ2v) is 5.92. The van der Waals surface area contributed by atoms with Crippen molar-refractivity contribution in [1.82, 2.24) is 0 Å². The van der Waals surface area contributed by atoms with Crippen LogP contribution in [0.1, 0.15) is 47.6 Å². The number of phenols is 1. The van der Waals surface area contributed by atoms with Gasteiger partial charge in [0.05, 0.1) is 5.71 Å². The third-order valence-electron chi connectivity index (χ3n) is 3.84. The van der Waals surface area contributed by atoms with Gasteiger partial charge in [0.1, 0.15) is 5.75 Å². The summed E-state index contributed by atoms with van der Waals surface area (Å²) in [6.07, 6.45) is 2.17. The molecular formula is C20H25NO. The maximum atomic E-state index is 10.3. The SMILES string of the molecule is CCCCN=C(c1cc(C)ccc1C)c1cc(C)ccc1O. The Bertz CT molecular complexity index is 633. The van der Waals surface area contributed by atoms with Crippen molar-refractivity contribution in [1.29, 1.82) is 0 Å². The summed E-state index contributed by atoms with van der Waals surface area (Å²) in [5.41, 5.74) is 6.34. The number of rotatable bonds is 5. The normalized spacial score (nSPS) is 11.7. The van der Waals surface area contributed by atoms with Gasteiger partial charge in [0.25, 0.3) is 0 Å². The molecule has 2 aromatic carbocycles. The molecule has 0 aromatic heterocycles. The Labute approximate surface area is 133 Å². The fourth-order valence-corrected chi connectivity index (χ4v) is 2.49. The number of unbranched alkanes of at least 4 members (excludes halogenated alkanes) is 1. The van der Waals surface area contributed by atoms with E-state index in [0.717, 1.165) is 41.8 Å². The van der Waals surface area contributed by atoms with Gasteiger partial charge in [-0.05, 0) is 51.0 Å². The van der Waals surface area contributed by atoms with Gasteiger partial charge in [-0.3, -0.25) is 4.99 Å². The van der Waals surface area contributed by atoms with Gasteiger partial charge in [-0.25, -0.2) is 0 Å². The molecule has 0 amide bonds. The number of phenolic OH excluding ortho intramolecular Hbond substituents is 1. The van der Waals surface area contributed by atoms with E-state index in [1.807, 2.05) is 19.1 Å². The van der Waals surface area contributed by atoms with Gasteiger partial charge in [-0.1, -0.05) is 42.7 Å². The summed E-state index contributed by atoms with van der Waals surface area (Å²) < 4.78 is 0. The fraction of sp³-hybridized carbons (Fsp3) is 0.350. The van der Waals surface area contributed by atoms with E-state index in [1.54, 1.807) is 6.07 Å². The minimum atomic E-state index is 0.293. The van der Waals surface area contributed by atoms with E-state index in [9.17, 15) is 5.11 Å². The number of hydrogen-bond donors (Lipinski definition) is 1. The van der Waals surface area contributed by atoms with Crippen LogP contribution in [0.2, 0.25) is 0 Å². The van der Waals surface area contributed by atoms with E-state index in [4.69, 9.17) is 4.99 Å². The van der Waals surface area contributed by atoms with Gasteiger partial charge in [0.15, 0.2) is 0 Å². The Kier molecular flexibility index (Phi) is 5.37. The molecule has 0 unspecified atom stereocenters. The minimum absolute atomic E-state index is 0.293. The van der Waals surface area contributed by atoms with Crippen molar-refractivity contribution in [2.45, 2.75) is 40.5 Å². The molecule has 22 heavy (non-hydrogen) atoms. The Morgan fingerprint density at radius 2 is 1.59 bits per heavy atom. The molecule has 0 saturated heterocycles. The predicted molar refractivity (Wildman–Crippen MR) is 94.2 cm³/mol. The smallest absolute Gasteiger partial charge is 0.124 e. The third kappa shape index (κ3) is 3.76. The molecule has 0 aliphatic carbocycles. The lowest BCUT2D eigenvalue weighted by atomic mass is 9.95. The molecule has 0 heterocycles. The molecule has 0 saturated carbocycles. The molecule has 2 nitrogen and oxygen atoms in total. The van der Waals surface area contributed by atoms with Crippen molar-refractivity contribution < 1.29 is 5.11 Å². The van der Waals surface area contributed by atoms with E-state index >= 15 is 0 Å². The molecule has 0 atom stereocenters. The Morgan fingerprint density at radius 3 is 2.27 bits per heavy atom. The molecule has 116 valence electrons. The second kappa shape index (κ2) is 7.26. The number of aliphatic imine (C=N–C) groups is 1. The van der Waals surface area contributed by atoms with Crippen LogP contribution in [-0.2, 0) is 0 Å². The fourth-order valence-electron chi connectivity index (χ4n) is 2.49. The van der Waals surface area contributed by atoms with Gasteiger partial charge in [-0.15, -0.1) is 0 Å².